The van der Waals surface area contributed by atoms with Crippen LogP contribution < -0.4 is 0 Å². The third kappa shape index (κ3) is 3.61. The average molecular weight is 409 g/mol. The zero-order valence-corrected chi connectivity index (χ0v) is 17.3. The van der Waals surface area contributed by atoms with E-state index in [2.05, 4.69) is 11.9 Å². The first kappa shape index (κ1) is 20.6. The van der Waals surface area contributed by atoms with Crippen LogP contribution in [-0.4, -0.2) is 54.3 Å². The molecule has 2 heterocycles. The Morgan fingerprint density at radius 3 is 2.27 bits per heavy atom. The van der Waals surface area contributed by atoms with Crippen molar-refractivity contribution < 1.29 is 24.2 Å². The van der Waals surface area contributed by atoms with Gasteiger partial charge in [0, 0.05) is 17.6 Å². The molecule has 0 aliphatic carbocycles. The van der Waals surface area contributed by atoms with Gasteiger partial charge in [-0.2, -0.15) is 0 Å². The highest BCUT2D eigenvalue weighted by Gasteiger charge is 2.46. The lowest BCUT2D eigenvalue weighted by atomic mass is 9.85. The molecule has 2 fully saturated rings. The number of ether oxygens (including phenoxy) is 2. The van der Waals surface area contributed by atoms with E-state index >= 15 is 0 Å². The SMILES string of the molecule is COC(=O)c1cccc(C(O)(C(=O)OC2CC3CCC(C2)N3C)c2ccccc2)c1. The number of methoxy groups -OCH3 is 1. The molecule has 30 heavy (non-hydrogen) atoms. The van der Waals surface area contributed by atoms with E-state index in [0.29, 0.717) is 17.6 Å². The van der Waals surface area contributed by atoms with E-state index in [1.165, 1.54) is 13.2 Å². The lowest BCUT2D eigenvalue weighted by Crippen LogP contribution is -2.46. The van der Waals surface area contributed by atoms with E-state index < -0.39 is 17.5 Å². The van der Waals surface area contributed by atoms with Crippen molar-refractivity contribution in [1.82, 2.24) is 4.90 Å². The summed E-state index contributed by atoms with van der Waals surface area (Å²) in [6, 6.07) is 15.8. The number of piperidine rings is 1. The van der Waals surface area contributed by atoms with E-state index in [1.54, 1.807) is 42.5 Å². The van der Waals surface area contributed by atoms with Gasteiger partial charge in [-0.1, -0.05) is 42.5 Å². The van der Waals surface area contributed by atoms with Crippen molar-refractivity contribution in [3.63, 3.8) is 0 Å². The number of hydrogen-bond acceptors (Lipinski definition) is 6. The molecule has 2 aliphatic rings. The maximum Gasteiger partial charge on any atom is 0.347 e. The quantitative estimate of drug-likeness (QED) is 0.766. The Kier molecular flexibility index (Phi) is 5.62. The molecule has 6 nitrogen and oxygen atoms in total. The molecule has 2 saturated heterocycles. The van der Waals surface area contributed by atoms with Crippen LogP contribution in [-0.2, 0) is 19.9 Å². The lowest BCUT2D eigenvalue weighted by molar-refractivity contribution is -0.171. The van der Waals surface area contributed by atoms with Crippen LogP contribution in [0.15, 0.2) is 54.6 Å². The summed E-state index contributed by atoms with van der Waals surface area (Å²) in [5.41, 5.74) is -1.09. The van der Waals surface area contributed by atoms with Gasteiger partial charge in [0.1, 0.15) is 6.10 Å². The van der Waals surface area contributed by atoms with Gasteiger partial charge >= 0.3 is 11.9 Å². The van der Waals surface area contributed by atoms with E-state index in [-0.39, 0.29) is 17.2 Å². The van der Waals surface area contributed by atoms with Gasteiger partial charge < -0.3 is 19.5 Å². The number of carbonyl (C=O) groups excluding carboxylic acids is 2. The minimum Gasteiger partial charge on any atom is -0.465 e. The average Bonchev–Trinajstić information content (AvgIpc) is 2.99. The van der Waals surface area contributed by atoms with Crippen molar-refractivity contribution in [2.75, 3.05) is 14.2 Å². The van der Waals surface area contributed by atoms with Crippen LogP contribution in [0.5, 0.6) is 0 Å². The Morgan fingerprint density at radius 2 is 1.63 bits per heavy atom. The maximum atomic E-state index is 13.4. The number of carbonyl (C=O) groups is 2. The zero-order valence-electron chi connectivity index (χ0n) is 17.3. The van der Waals surface area contributed by atoms with Gasteiger partial charge in [-0.25, -0.2) is 9.59 Å². The number of aliphatic hydroxyl groups is 1. The molecule has 4 rings (SSSR count). The number of fused-ring (bicyclic) bond motifs is 2. The number of esters is 2. The van der Waals surface area contributed by atoms with Gasteiger partial charge in [-0.3, -0.25) is 0 Å². The van der Waals surface area contributed by atoms with Gasteiger partial charge in [0.15, 0.2) is 0 Å². The third-order valence-corrected chi connectivity index (χ3v) is 6.52. The van der Waals surface area contributed by atoms with Crippen molar-refractivity contribution in [3.8, 4) is 0 Å². The van der Waals surface area contributed by atoms with Crippen LogP contribution in [0.25, 0.3) is 0 Å². The summed E-state index contributed by atoms with van der Waals surface area (Å²) in [7, 11) is 3.42. The Bertz CT molecular complexity index is 916. The van der Waals surface area contributed by atoms with E-state index in [1.807, 2.05) is 6.07 Å². The summed E-state index contributed by atoms with van der Waals surface area (Å²) in [6.45, 7) is 0. The van der Waals surface area contributed by atoms with Crippen LogP contribution in [0.4, 0.5) is 0 Å². The van der Waals surface area contributed by atoms with Crippen LogP contribution in [0.3, 0.4) is 0 Å². The molecule has 0 amide bonds. The fraction of sp³-hybridized carbons (Fsp3) is 0.417. The molecular weight excluding hydrogens is 382 g/mol. The molecule has 2 aromatic rings. The van der Waals surface area contributed by atoms with E-state index in [0.717, 1.165) is 25.7 Å². The smallest absolute Gasteiger partial charge is 0.347 e. The molecule has 6 heteroatoms. The van der Waals surface area contributed by atoms with Crippen molar-refractivity contribution in [2.45, 2.75) is 49.5 Å². The fourth-order valence-electron chi connectivity index (χ4n) is 4.77. The molecule has 2 aromatic carbocycles. The second kappa shape index (κ2) is 8.20. The first-order chi connectivity index (χ1) is 14.4. The van der Waals surface area contributed by atoms with Gasteiger partial charge in [-0.05, 0) is 50.4 Å². The summed E-state index contributed by atoms with van der Waals surface area (Å²) in [5, 5.41) is 11.7. The predicted octanol–water partition coefficient (Wildman–Crippen LogP) is 2.88. The monoisotopic (exact) mass is 409 g/mol. The Morgan fingerprint density at radius 1 is 1.00 bits per heavy atom. The second-order valence-electron chi connectivity index (χ2n) is 8.20. The zero-order chi connectivity index (χ0) is 21.3. The van der Waals surface area contributed by atoms with Crippen LogP contribution in [0.1, 0.15) is 47.2 Å². The molecule has 0 aromatic heterocycles. The summed E-state index contributed by atoms with van der Waals surface area (Å²) >= 11 is 0. The lowest BCUT2D eigenvalue weighted by Gasteiger charge is -2.37. The second-order valence-corrected chi connectivity index (χ2v) is 8.20. The Hall–Kier alpha value is -2.70. The maximum absolute atomic E-state index is 13.4. The van der Waals surface area contributed by atoms with Crippen LogP contribution >= 0.6 is 0 Å². The van der Waals surface area contributed by atoms with E-state index in [4.69, 9.17) is 9.47 Å². The largest absolute Gasteiger partial charge is 0.465 e. The van der Waals surface area contributed by atoms with Crippen LogP contribution in [0, 0.1) is 0 Å². The molecule has 0 radical (unpaired) electrons. The highest BCUT2D eigenvalue weighted by Crippen LogP contribution is 2.38. The molecule has 2 bridgehead atoms. The summed E-state index contributed by atoms with van der Waals surface area (Å²) < 4.78 is 10.7. The predicted molar refractivity (Wildman–Crippen MR) is 111 cm³/mol. The summed E-state index contributed by atoms with van der Waals surface area (Å²) in [6.07, 6.45) is 3.53. The first-order valence-electron chi connectivity index (χ1n) is 10.3. The number of hydrogen-bond donors (Lipinski definition) is 1. The van der Waals surface area contributed by atoms with Gasteiger partial charge in [-0.15, -0.1) is 0 Å². The van der Waals surface area contributed by atoms with E-state index in [9.17, 15) is 14.7 Å². The molecular formula is C24H27NO5. The molecule has 0 spiro atoms. The van der Waals surface area contributed by atoms with Crippen LogP contribution in [0.2, 0.25) is 0 Å². The summed E-state index contributed by atoms with van der Waals surface area (Å²) in [5.74, 6) is -1.25. The van der Waals surface area contributed by atoms with Gasteiger partial charge in [0.05, 0.1) is 12.7 Å². The summed E-state index contributed by atoms with van der Waals surface area (Å²) in [4.78, 5) is 27.8. The Labute approximate surface area is 176 Å². The van der Waals surface area contributed by atoms with Crippen molar-refractivity contribution >= 4 is 11.9 Å². The third-order valence-electron chi connectivity index (χ3n) is 6.52. The van der Waals surface area contributed by atoms with Crippen molar-refractivity contribution in [3.05, 3.63) is 71.3 Å². The highest BCUT2D eigenvalue weighted by atomic mass is 16.6. The fourth-order valence-corrected chi connectivity index (χ4v) is 4.77. The van der Waals surface area contributed by atoms with Crippen molar-refractivity contribution in [2.24, 2.45) is 0 Å². The Balaban J connectivity index is 1.67. The van der Waals surface area contributed by atoms with Crippen molar-refractivity contribution in [1.29, 1.82) is 0 Å². The standard InChI is InChI=1S/C24H27NO5/c1-25-19-11-12-20(25)15-21(14-19)30-23(27)24(28,17-8-4-3-5-9-17)18-10-6-7-16(13-18)22(26)29-2/h3-10,13,19-21,28H,11-12,14-15H2,1-2H3. The molecule has 158 valence electrons. The molecule has 3 unspecified atom stereocenters. The molecule has 2 aliphatic heterocycles. The molecule has 0 saturated carbocycles. The first-order valence-corrected chi connectivity index (χ1v) is 10.3. The topological polar surface area (TPSA) is 76.1 Å². The van der Waals surface area contributed by atoms with Gasteiger partial charge in [0.25, 0.3) is 0 Å². The minimum absolute atomic E-state index is 0.231. The highest BCUT2D eigenvalue weighted by molar-refractivity contribution is 5.91. The molecule has 3 atom stereocenters. The van der Waals surface area contributed by atoms with Gasteiger partial charge in [0.2, 0.25) is 5.60 Å². The number of nitrogens with zero attached hydrogens (tertiary/aromatic N) is 1. The normalized spacial score (nSPS) is 25.4. The molecule has 1 N–H and O–H groups in total. The number of rotatable bonds is 5. The minimum atomic E-state index is -2.02. The number of benzene rings is 2.